The molecule has 11 heteroatoms. The number of allylic oxidation sites excluding steroid dienone is 1. The molecule has 0 aromatic heterocycles. The fourth-order valence-electron chi connectivity index (χ4n) is 3.80. The van der Waals surface area contributed by atoms with Crippen LogP contribution in [0.5, 0.6) is 0 Å². The molecule has 1 aromatic carbocycles. The van der Waals surface area contributed by atoms with Gasteiger partial charge in [0.15, 0.2) is 0 Å². The Bertz CT molecular complexity index is 957. The van der Waals surface area contributed by atoms with Crippen LogP contribution in [-0.2, 0) is 21.0 Å². The SMILES string of the molecule is CC1=C(S(=O)(=O)Nc2ccc(C(F)(F)F)c(Br)c2)C(C(=O)N2CCCC2)C(C)N1. The highest BCUT2D eigenvalue weighted by molar-refractivity contribution is 9.10. The number of halogens is 4. The van der Waals surface area contributed by atoms with Crippen molar-refractivity contribution in [1.82, 2.24) is 10.2 Å². The summed E-state index contributed by atoms with van der Waals surface area (Å²) < 4.78 is 66.9. The molecule has 2 N–H and O–H groups in total. The number of rotatable bonds is 4. The van der Waals surface area contributed by atoms with Crippen LogP contribution in [0.1, 0.15) is 32.3 Å². The molecular weight excluding hydrogens is 475 g/mol. The number of likely N-dealkylation sites (tertiary alicyclic amines) is 1. The van der Waals surface area contributed by atoms with E-state index in [-0.39, 0.29) is 21.0 Å². The van der Waals surface area contributed by atoms with Crippen molar-refractivity contribution in [3.05, 3.63) is 38.8 Å². The predicted molar refractivity (Wildman–Crippen MR) is 106 cm³/mol. The first-order chi connectivity index (χ1) is 13.4. The second-order valence-corrected chi connectivity index (χ2v) is 9.74. The largest absolute Gasteiger partial charge is 0.417 e. The van der Waals surface area contributed by atoms with Gasteiger partial charge in [0.05, 0.1) is 16.4 Å². The molecule has 2 heterocycles. The molecule has 2 aliphatic rings. The lowest BCUT2D eigenvalue weighted by Gasteiger charge is -2.24. The number of alkyl halides is 3. The number of amides is 1. The zero-order valence-corrected chi connectivity index (χ0v) is 18.2. The Morgan fingerprint density at radius 1 is 1.28 bits per heavy atom. The molecule has 0 spiro atoms. The minimum absolute atomic E-state index is 0.0305. The number of sulfonamides is 1. The van der Waals surface area contributed by atoms with Crippen molar-refractivity contribution in [2.45, 2.75) is 38.9 Å². The first-order valence-electron chi connectivity index (χ1n) is 9.07. The minimum atomic E-state index is -4.56. The van der Waals surface area contributed by atoms with Gasteiger partial charge < -0.3 is 10.2 Å². The highest BCUT2D eigenvalue weighted by atomic mass is 79.9. The summed E-state index contributed by atoms with van der Waals surface area (Å²) in [6, 6.07) is 2.49. The maximum atomic E-state index is 13.1. The maximum Gasteiger partial charge on any atom is 0.417 e. The lowest BCUT2D eigenvalue weighted by Crippen LogP contribution is -2.41. The summed E-state index contributed by atoms with van der Waals surface area (Å²) in [5.41, 5.74) is -0.584. The van der Waals surface area contributed by atoms with Gasteiger partial charge in [-0.1, -0.05) is 15.9 Å². The fraction of sp³-hybridized carbons (Fsp3) is 0.500. The molecule has 1 fully saturated rings. The summed E-state index contributed by atoms with van der Waals surface area (Å²) in [7, 11) is -4.17. The van der Waals surface area contributed by atoms with Crippen LogP contribution in [-0.4, -0.2) is 38.4 Å². The fourth-order valence-corrected chi connectivity index (χ4v) is 6.06. The van der Waals surface area contributed by atoms with Gasteiger partial charge in [0.1, 0.15) is 0 Å². The van der Waals surface area contributed by atoms with E-state index in [1.54, 1.807) is 18.7 Å². The standard InChI is InChI=1S/C18H21BrF3N3O3S/c1-10-15(17(26)25-7-3-4-8-25)16(11(2)23-10)29(27,28)24-12-5-6-13(14(19)9-12)18(20,21)22/h5-6,9-10,15,23-24H,3-4,7-8H2,1-2H3. The Labute approximate surface area is 175 Å². The summed E-state index contributed by atoms with van der Waals surface area (Å²) in [5.74, 6) is -1.14. The van der Waals surface area contributed by atoms with Crippen LogP contribution in [0.15, 0.2) is 33.3 Å². The molecule has 160 valence electrons. The van der Waals surface area contributed by atoms with Crippen molar-refractivity contribution in [3.63, 3.8) is 0 Å². The highest BCUT2D eigenvalue weighted by Crippen LogP contribution is 2.37. The summed E-state index contributed by atoms with van der Waals surface area (Å²) in [6.07, 6.45) is -2.81. The molecule has 0 radical (unpaired) electrons. The van der Waals surface area contributed by atoms with Gasteiger partial charge in [-0.3, -0.25) is 9.52 Å². The van der Waals surface area contributed by atoms with Crippen LogP contribution in [0.2, 0.25) is 0 Å². The van der Waals surface area contributed by atoms with Crippen molar-refractivity contribution in [3.8, 4) is 0 Å². The maximum absolute atomic E-state index is 13.1. The lowest BCUT2D eigenvalue weighted by molar-refractivity contribution is -0.138. The smallest absolute Gasteiger partial charge is 0.384 e. The number of hydrogen-bond acceptors (Lipinski definition) is 4. The molecule has 29 heavy (non-hydrogen) atoms. The number of anilines is 1. The highest BCUT2D eigenvalue weighted by Gasteiger charge is 2.44. The van der Waals surface area contributed by atoms with Gasteiger partial charge in [-0.05, 0) is 44.9 Å². The Hall–Kier alpha value is -1.75. The van der Waals surface area contributed by atoms with Gasteiger partial charge in [-0.2, -0.15) is 13.2 Å². The summed E-state index contributed by atoms with van der Waals surface area (Å²) in [4.78, 5) is 14.5. The number of carbonyl (C=O) groups excluding carboxylic acids is 1. The Morgan fingerprint density at radius 3 is 2.45 bits per heavy atom. The molecule has 0 saturated carbocycles. The van der Waals surface area contributed by atoms with Crippen molar-refractivity contribution < 1.29 is 26.4 Å². The first kappa shape index (κ1) is 21.9. The van der Waals surface area contributed by atoms with E-state index >= 15 is 0 Å². The molecule has 2 atom stereocenters. The van der Waals surface area contributed by atoms with Gasteiger partial charge in [0.2, 0.25) is 5.91 Å². The number of carbonyl (C=O) groups is 1. The molecule has 1 amide bonds. The van der Waals surface area contributed by atoms with Crippen LogP contribution in [0.3, 0.4) is 0 Å². The third-order valence-electron chi connectivity index (χ3n) is 5.10. The summed E-state index contributed by atoms with van der Waals surface area (Å²) in [6.45, 7) is 4.49. The Balaban J connectivity index is 1.90. The Kier molecular flexibility index (Phi) is 5.92. The van der Waals surface area contributed by atoms with Crippen molar-refractivity contribution in [2.24, 2.45) is 5.92 Å². The second-order valence-electron chi connectivity index (χ2n) is 7.23. The molecule has 6 nitrogen and oxygen atoms in total. The monoisotopic (exact) mass is 495 g/mol. The zero-order chi connectivity index (χ0) is 21.6. The van der Waals surface area contributed by atoms with E-state index < -0.39 is 33.7 Å². The van der Waals surface area contributed by atoms with E-state index in [9.17, 15) is 26.4 Å². The third kappa shape index (κ3) is 4.40. The normalized spacial score (nSPS) is 22.8. The van der Waals surface area contributed by atoms with E-state index in [0.717, 1.165) is 31.0 Å². The van der Waals surface area contributed by atoms with Gasteiger partial charge in [0.25, 0.3) is 10.0 Å². The lowest BCUT2D eigenvalue weighted by atomic mass is 10.0. The van der Waals surface area contributed by atoms with E-state index in [1.165, 1.54) is 0 Å². The molecule has 1 saturated heterocycles. The number of benzene rings is 1. The zero-order valence-electron chi connectivity index (χ0n) is 15.8. The molecule has 0 aliphatic carbocycles. The molecule has 3 rings (SSSR count). The first-order valence-corrected chi connectivity index (χ1v) is 11.3. The second kappa shape index (κ2) is 7.82. The molecule has 2 aliphatic heterocycles. The van der Waals surface area contributed by atoms with Crippen LogP contribution in [0.4, 0.5) is 18.9 Å². The van der Waals surface area contributed by atoms with E-state index in [1.807, 2.05) is 0 Å². The van der Waals surface area contributed by atoms with Gasteiger partial charge >= 0.3 is 6.18 Å². The van der Waals surface area contributed by atoms with Crippen LogP contribution >= 0.6 is 15.9 Å². The van der Waals surface area contributed by atoms with Crippen LogP contribution in [0, 0.1) is 5.92 Å². The topological polar surface area (TPSA) is 78.5 Å². The van der Waals surface area contributed by atoms with Gasteiger partial charge in [-0.15, -0.1) is 0 Å². The van der Waals surface area contributed by atoms with E-state index in [2.05, 4.69) is 26.0 Å². The molecule has 2 unspecified atom stereocenters. The average Bonchev–Trinajstić information content (AvgIpc) is 3.20. The van der Waals surface area contributed by atoms with E-state index in [0.29, 0.717) is 18.8 Å². The van der Waals surface area contributed by atoms with Crippen molar-refractivity contribution in [1.29, 1.82) is 0 Å². The van der Waals surface area contributed by atoms with Gasteiger partial charge in [-0.25, -0.2) is 8.42 Å². The predicted octanol–water partition coefficient (Wildman–Crippen LogP) is 3.67. The van der Waals surface area contributed by atoms with Crippen LogP contribution < -0.4 is 10.0 Å². The number of nitrogens with zero attached hydrogens (tertiary/aromatic N) is 1. The quantitative estimate of drug-likeness (QED) is 0.667. The minimum Gasteiger partial charge on any atom is -0.384 e. The third-order valence-corrected chi connectivity index (χ3v) is 7.40. The van der Waals surface area contributed by atoms with Crippen LogP contribution in [0.25, 0.3) is 0 Å². The van der Waals surface area contributed by atoms with Crippen molar-refractivity contribution >= 4 is 37.5 Å². The average molecular weight is 496 g/mol. The molecule has 1 aromatic rings. The Morgan fingerprint density at radius 2 is 1.90 bits per heavy atom. The van der Waals surface area contributed by atoms with E-state index in [4.69, 9.17) is 0 Å². The molecular formula is C18H21BrF3N3O3S. The number of nitrogens with one attached hydrogen (secondary N) is 2. The summed E-state index contributed by atoms with van der Waals surface area (Å²) in [5, 5.41) is 3.01. The number of hydrogen-bond donors (Lipinski definition) is 2. The van der Waals surface area contributed by atoms with Crippen molar-refractivity contribution in [2.75, 3.05) is 17.8 Å². The summed E-state index contributed by atoms with van der Waals surface area (Å²) >= 11 is 2.84. The molecule has 0 bridgehead atoms. The van der Waals surface area contributed by atoms with Gasteiger partial charge in [0, 0.05) is 35.0 Å².